The van der Waals surface area contributed by atoms with Gasteiger partial charge in [-0.3, -0.25) is 19.8 Å². The molecule has 1 unspecified atom stereocenters. The van der Waals surface area contributed by atoms with Gasteiger partial charge in [0.1, 0.15) is 5.75 Å². The number of nitro groups is 1. The Morgan fingerprint density at radius 2 is 1.69 bits per heavy atom. The number of rotatable bonds is 9. The molecule has 0 saturated heterocycles. The molecule has 0 saturated carbocycles. The van der Waals surface area contributed by atoms with Gasteiger partial charge in [0.05, 0.1) is 38.0 Å². The van der Waals surface area contributed by atoms with Crippen LogP contribution in [0.3, 0.4) is 0 Å². The summed E-state index contributed by atoms with van der Waals surface area (Å²) >= 11 is 0. The lowest BCUT2D eigenvalue weighted by atomic mass is 9.87. The SMILES string of the molecule is COc1ccc([N+](=O)[O-])cc1NC(=O)CCN1CCc2cc(OC)c(OC)cc2C1c1ccccc1. The highest BCUT2D eigenvalue weighted by molar-refractivity contribution is 5.92. The Bertz CT molecular complexity index is 1250. The number of amides is 1. The molecular weight excluding hydrogens is 462 g/mol. The van der Waals surface area contributed by atoms with Crippen LogP contribution in [0.5, 0.6) is 17.2 Å². The molecule has 188 valence electrons. The summed E-state index contributed by atoms with van der Waals surface area (Å²) < 4.78 is 16.3. The predicted molar refractivity (Wildman–Crippen MR) is 136 cm³/mol. The van der Waals surface area contributed by atoms with Crippen LogP contribution in [0.1, 0.15) is 29.2 Å². The average Bonchev–Trinajstić information content (AvgIpc) is 2.91. The maximum absolute atomic E-state index is 12.9. The third-order valence-corrected chi connectivity index (χ3v) is 6.38. The van der Waals surface area contributed by atoms with Gasteiger partial charge in [0.15, 0.2) is 11.5 Å². The van der Waals surface area contributed by atoms with Crippen molar-refractivity contribution in [1.82, 2.24) is 4.90 Å². The standard InChI is InChI=1S/C27H29N3O6/c1-34-23-10-9-20(30(32)33)16-22(23)28-26(31)12-14-29-13-11-19-15-24(35-2)25(36-3)17-21(19)27(29)18-7-5-4-6-8-18/h4-10,15-17,27H,11-14H2,1-3H3,(H,28,31). The summed E-state index contributed by atoms with van der Waals surface area (Å²) in [5.74, 6) is 1.47. The van der Waals surface area contributed by atoms with E-state index in [1.807, 2.05) is 30.3 Å². The largest absolute Gasteiger partial charge is 0.495 e. The van der Waals surface area contributed by atoms with Crippen molar-refractivity contribution in [3.05, 3.63) is 87.5 Å². The first kappa shape index (κ1) is 25.0. The quantitative estimate of drug-likeness (QED) is 0.345. The molecule has 1 atom stereocenters. The molecule has 9 heteroatoms. The molecule has 1 aliphatic rings. The van der Waals surface area contributed by atoms with Crippen molar-refractivity contribution < 1.29 is 23.9 Å². The molecule has 1 amide bonds. The Balaban J connectivity index is 1.56. The van der Waals surface area contributed by atoms with Gasteiger partial charge in [0.2, 0.25) is 5.91 Å². The molecule has 3 aromatic rings. The van der Waals surface area contributed by atoms with Gasteiger partial charge in [-0.1, -0.05) is 30.3 Å². The molecule has 3 aromatic carbocycles. The summed E-state index contributed by atoms with van der Waals surface area (Å²) in [5.41, 5.74) is 3.57. The Morgan fingerprint density at radius 3 is 2.36 bits per heavy atom. The lowest BCUT2D eigenvalue weighted by Crippen LogP contribution is -2.38. The Hall–Kier alpha value is -4.11. The highest BCUT2D eigenvalue weighted by Crippen LogP contribution is 2.41. The van der Waals surface area contributed by atoms with E-state index >= 15 is 0 Å². The minimum Gasteiger partial charge on any atom is -0.495 e. The molecular formula is C27H29N3O6. The van der Waals surface area contributed by atoms with Crippen LogP contribution in [0.4, 0.5) is 11.4 Å². The Labute approximate surface area is 209 Å². The van der Waals surface area contributed by atoms with Crippen molar-refractivity contribution in [3.63, 3.8) is 0 Å². The number of hydrogen-bond donors (Lipinski definition) is 1. The maximum atomic E-state index is 12.9. The predicted octanol–water partition coefficient (Wildman–Crippen LogP) is 4.60. The molecule has 1 heterocycles. The van der Waals surface area contributed by atoms with Gasteiger partial charge in [-0.15, -0.1) is 0 Å². The molecule has 1 N–H and O–H groups in total. The van der Waals surface area contributed by atoms with E-state index in [0.717, 1.165) is 24.1 Å². The number of carbonyl (C=O) groups excluding carboxylic acids is 1. The molecule has 1 aliphatic heterocycles. The lowest BCUT2D eigenvalue weighted by molar-refractivity contribution is -0.384. The van der Waals surface area contributed by atoms with E-state index in [0.29, 0.717) is 23.8 Å². The van der Waals surface area contributed by atoms with Crippen LogP contribution >= 0.6 is 0 Å². The summed E-state index contributed by atoms with van der Waals surface area (Å²) in [7, 11) is 4.70. The molecule has 0 bridgehead atoms. The summed E-state index contributed by atoms with van der Waals surface area (Å²) in [4.78, 5) is 25.8. The van der Waals surface area contributed by atoms with E-state index < -0.39 is 4.92 Å². The first-order chi connectivity index (χ1) is 17.4. The van der Waals surface area contributed by atoms with E-state index in [1.54, 1.807) is 14.2 Å². The first-order valence-corrected chi connectivity index (χ1v) is 11.6. The highest BCUT2D eigenvalue weighted by atomic mass is 16.6. The minimum absolute atomic E-state index is 0.0603. The number of fused-ring (bicyclic) bond motifs is 1. The van der Waals surface area contributed by atoms with E-state index in [4.69, 9.17) is 14.2 Å². The van der Waals surface area contributed by atoms with Crippen molar-refractivity contribution in [2.45, 2.75) is 18.9 Å². The second kappa shape index (κ2) is 11.1. The Morgan fingerprint density at radius 1 is 1.00 bits per heavy atom. The van der Waals surface area contributed by atoms with Gasteiger partial charge in [-0.2, -0.15) is 0 Å². The fourth-order valence-corrected chi connectivity index (χ4v) is 4.63. The van der Waals surface area contributed by atoms with Gasteiger partial charge < -0.3 is 19.5 Å². The smallest absolute Gasteiger partial charge is 0.271 e. The van der Waals surface area contributed by atoms with Crippen LogP contribution in [0.2, 0.25) is 0 Å². The second-order valence-electron chi connectivity index (χ2n) is 8.45. The monoisotopic (exact) mass is 491 g/mol. The fraction of sp³-hybridized carbons (Fsp3) is 0.296. The summed E-state index contributed by atoms with van der Waals surface area (Å²) in [5, 5.41) is 13.9. The molecule has 0 aromatic heterocycles. The van der Waals surface area contributed by atoms with Crippen LogP contribution in [0, 0.1) is 10.1 Å². The maximum Gasteiger partial charge on any atom is 0.271 e. The zero-order chi connectivity index (χ0) is 25.7. The van der Waals surface area contributed by atoms with E-state index in [2.05, 4.69) is 22.3 Å². The summed E-state index contributed by atoms with van der Waals surface area (Å²) in [6.07, 6.45) is 1.01. The van der Waals surface area contributed by atoms with Crippen molar-refractivity contribution >= 4 is 17.3 Å². The molecule has 0 radical (unpaired) electrons. The first-order valence-electron chi connectivity index (χ1n) is 11.6. The number of carbonyl (C=O) groups is 1. The fourth-order valence-electron chi connectivity index (χ4n) is 4.63. The van der Waals surface area contributed by atoms with Crippen LogP contribution in [-0.4, -0.2) is 50.1 Å². The summed E-state index contributed by atoms with van der Waals surface area (Å²) in [6, 6.07) is 18.3. The normalized spacial score (nSPS) is 15.0. The topological polar surface area (TPSA) is 103 Å². The average molecular weight is 492 g/mol. The van der Waals surface area contributed by atoms with Crippen LogP contribution < -0.4 is 19.5 Å². The third kappa shape index (κ3) is 5.26. The summed E-state index contributed by atoms with van der Waals surface area (Å²) in [6.45, 7) is 1.26. The van der Waals surface area contributed by atoms with E-state index in [9.17, 15) is 14.9 Å². The van der Waals surface area contributed by atoms with Gasteiger partial charge in [-0.05, 0) is 41.3 Å². The number of hydrogen-bond acceptors (Lipinski definition) is 7. The third-order valence-electron chi connectivity index (χ3n) is 6.38. The molecule has 36 heavy (non-hydrogen) atoms. The number of nitrogens with one attached hydrogen (secondary N) is 1. The number of anilines is 1. The molecule has 0 aliphatic carbocycles. The number of nitro benzene ring substituents is 1. The zero-order valence-corrected chi connectivity index (χ0v) is 20.5. The zero-order valence-electron chi connectivity index (χ0n) is 20.5. The van der Waals surface area contributed by atoms with Gasteiger partial charge >= 0.3 is 0 Å². The van der Waals surface area contributed by atoms with Gasteiger partial charge in [0, 0.05) is 31.6 Å². The molecule has 9 nitrogen and oxygen atoms in total. The van der Waals surface area contributed by atoms with Gasteiger partial charge in [0.25, 0.3) is 5.69 Å². The van der Waals surface area contributed by atoms with Crippen molar-refractivity contribution in [2.75, 3.05) is 39.7 Å². The van der Waals surface area contributed by atoms with E-state index in [1.165, 1.54) is 30.9 Å². The number of methoxy groups -OCH3 is 3. The van der Waals surface area contributed by atoms with Crippen LogP contribution in [0.15, 0.2) is 60.7 Å². The van der Waals surface area contributed by atoms with Crippen molar-refractivity contribution in [1.29, 1.82) is 0 Å². The molecule has 0 spiro atoms. The number of ether oxygens (including phenoxy) is 3. The second-order valence-corrected chi connectivity index (χ2v) is 8.45. The van der Waals surface area contributed by atoms with Crippen LogP contribution in [-0.2, 0) is 11.2 Å². The lowest BCUT2D eigenvalue weighted by Gasteiger charge is -2.38. The molecule has 4 rings (SSSR count). The van der Waals surface area contributed by atoms with E-state index in [-0.39, 0.29) is 29.7 Å². The van der Waals surface area contributed by atoms with Crippen molar-refractivity contribution in [3.8, 4) is 17.2 Å². The van der Waals surface area contributed by atoms with Crippen molar-refractivity contribution in [2.24, 2.45) is 0 Å². The minimum atomic E-state index is -0.506. The van der Waals surface area contributed by atoms with Crippen LogP contribution in [0.25, 0.3) is 0 Å². The number of benzene rings is 3. The molecule has 0 fully saturated rings. The number of non-ortho nitro benzene ring substituents is 1. The van der Waals surface area contributed by atoms with Gasteiger partial charge in [-0.25, -0.2) is 0 Å². The number of nitrogens with zero attached hydrogens (tertiary/aromatic N) is 2. The highest BCUT2D eigenvalue weighted by Gasteiger charge is 2.30. The Kier molecular flexibility index (Phi) is 7.70.